The van der Waals surface area contributed by atoms with Gasteiger partial charge in [0.15, 0.2) is 23.0 Å². The number of rotatable bonds is 8. The second-order valence-electron chi connectivity index (χ2n) is 11.5. The van der Waals surface area contributed by atoms with Gasteiger partial charge in [0, 0.05) is 75.2 Å². The van der Waals surface area contributed by atoms with E-state index in [1.165, 1.54) is 30.7 Å². The summed E-state index contributed by atoms with van der Waals surface area (Å²) in [5, 5.41) is 16.6. The Labute approximate surface area is 270 Å². The number of nitrogens with one attached hydrogen (secondary N) is 2. The molecule has 6 rings (SSSR count). The molecular formula is C33H36F2N8O4. The first-order valence-electron chi connectivity index (χ1n) is 15.4. The molecule has 2 saturated heterocycles. The number of aryl methyl sites for hydroxylation is 1. The maximum Gasteiger partial charge on any atom is 0.254 e. The van der Waals surface area contributed by atoms with Gasteiger partial charge in [-0.15, -0.1) is 0 Å². The molecule has 4 heterocycles. The number of nitrogens with zero attached hydrogens (tertiary/aromatic N) is 6. The van der Waals surface area contributed by atoms with Gasteiger partial charge in [0.25, 0.3) is 5.91 Å². The normalized spacial score (nSPS) is 18.6. The SMILES string of the molecule is C/N=C/COc1ccc(-c2cnc3c(Nc4ccc(C(=O)N5CCN(C(=O)[C@@H]6CCNC[C@@H]6O)CC5)c(C)c4)nccn23)c(F)c1F. The number of piperazine rings is 1. The zero-order chi connectivity index (χ0) is 33.1. The third-order valence-corrected chi connectivity index (χ3v) is 8.61. The Balaban J connectivity index is 1.14. The Morgan fingerprint density at radius 1 is 1.13 bits per heavy atom. The van der Waals surface area contributed by atoms with E-state index in [0.717, 1.165) is 5.56 Å². The minimum absolute atomic E-state index is 0.0106. The molecule has 0 aliphatic carbocycles. The predicted octanol–water partition coefficient (Wildman–Crippen LogP) is 3.06. The summed E-state index contributed by atoms with van der Waals surface area (Å²) in [5.41, 5.74) is 2.69. The highest BCUT2D eigenvalue weighted by atomic mass is 19.2. The number of ether oxygens (including phenoxy) is 1. The summed E-state index contributed by atoms with van der Waals surface area (Å²) < 4.78 is 36.8. The fraction of sp³-hybridized carbons (Fsp3) is 0.364. The number of β-amino-alcohol motifs (C(OH)–C–C–N with tert-alkyl or cyclic N) is 1. The number of carbonyl (C=O) groups is 2. The van der Waals surface area contributed by atoms with Crippen molar-refractivity contribution in [3.8, 4) is 17.0 Å². The Hall–Kier alpha value is -4.95. The van der Waals surface area contributed by atoms with E-state index in [1.807, 2.05) is 13.0 Å². The molecule has 2 amide bonds. The van der Waals surface area contributed by atoms with Crippen LogP contribution in [0.5, 0.6) is 5.75 Å². The van der Waals surface area contributed by atoms with Crippen LogP contribution in [-0.2, 0) is 4.79 Å². The van der Waals surface area contributed by atoms with Crippen molar-refractivity contribution in [2.24, 2.45) is 10.9 Å². The third kappa shape index (κ3) is 6.51. The number of piperidine rings is 1. The minimum Gasteiger partial charge on any atom is -0.485 e. The molecule has 2 fully saturated rings. The van der Waals surface area contributed by atoms with Crippen LogP contribution in [0.3, 0.4) is 0 Å². The van der Waals surface area contributed by atoms with Gasteiger partial charge in [0.2, 0.25) is 11.7 Å². The molecule has 14 heteroatoms. The van der Waals surface area contributed by atoms with E-state index in [9.17, 15) is 19.1 Å². The Morgan fingerprint density at radius 2 is 1.91 bits per heavy atom. The molecule has 47 heavy (non-hydrogen) atoms. The molecule has 0 radical (unpaired) electrons. The third-order valence-electron chi connectivity index (χ3n) is 8.61. The molecular weight excluding hydrogens is 610 g/mol. The Kier molecular flexibility index (Phi) is 9.41. The topological polar surface area (TPSA) is 137 Å². The summed E-state index contributed by atoms with van der Waals surface area (Å²) in [5.74, 6) is -2.57. The standard InChI is InChI=1S/C33H36F2N8O4/c1-20-17-21(3-4-22(20)32(45)41-12-14-42(15-13-41)33(46)24-7-8-37-19-26(24)44)40-30-31-39-18-25(43(31)11-9-38-30)23-5-6-27(29(35)28(23)34)47-16-10-36-2/h3-6,9-11,17-18,24,26,37,44H,7-8,12-16,19H2,1-2H3,(H,38,40)/b36-10+/t24-,26+/m1/s1. The molecule has 0 spiro atoms. The number of anilines is 2. The second kappa shape index (κ2) is 13.8. The summed E-state index contributed by atoms with van der Waals surface area (Å²) in [6, 6.07) is 8.14. The van der Waals surface area contributed by atoms with Crippen molar-refractivity contribution < 1.29 is 28.2 Å². The van der Waals surface area contributed by atoms with E-state index >= 15 is 4.39 Å². The van der Waals surface area contributed by atoms with E-state index < -0.39 is 23.7 Å². The largest absolute Gasteiger partial charge is 0.485 e. The van der Waals surface area contributed by atoms with Gasteiger partial charge in [0.1, 0.15) is 6.61 Å². The number of halogens is 2. The number of hydrogen-bond donors (Lipinski definition) is 3. The highest BCUT2D eigenvalue weighted by Crippen LogP contribution is 2.32. The van der Waals surface area contributed by atoms with E-state index in [4.69, 9.17) is 4.74 Å². The van der Waals surface area contributed by atoms with Crippen LogP contribution < -0.4 is 15.4 Å². The lowest BCUT2D eigenvalue weighted by molar-refractivity contribution is -0.141. The predicted molar refractivity (Wildman–Crippen MR) is 172 cm³/mol. The van der Waals surface area contributed by atoms with E-state index in [2.05, 4.69) is 25.6 Å². The number of fused-ring (bicyclic) bond motifs is 1. The average Bonchev–Trinajstić information content (AvgIpc) is 3.51. The van der Waals surface area contributed by atoms with Gasteiger partial charge in [-0.1, -0.05) is 0 Å². The van der Waals surface area contributed by atoms with Gasteiger partial charge in [-0.2, -0.15) is 4.39 Å². The summed E-state index contributed by atoms with van der Waals surface area (Å²) in [4.78, 5) is 42.5. The summed E-state index contributed by atoms with van der Waals surface area (Å²) >= 11 is 0. The van der Waals surface area contributed by atoms with Crippen LogP contribution >= 0.6 is 0 Å². The summed E-state index contributed by atoms with van der Waals surface area (Å²) in [6.07, 6.45) is 5.93. The molecule has 2 aromatic heterocycles. The molecule has 0 unspecified atom stereocenters. The molecule has 4 aromatic rings. The number of aliphatic hydroxyl groups excluding tert-OH is 1. The number of carbonyl (C=O) groups excluding carboxylic acids is 2. The van der Waals surface area contributed by atoms with Crippen LogP contribution in [0.4, 0.5) is 20.3 Å². The zero-order valence-electron chi connectivity index (χ0n) is 26.1. The molecule has 2 aromatic carbocycles. The quantitative estimate of drug-likeness (QED) is 0.249. The highest BCUT2D eigenvalue weighted by molar-refractivity contribution is 5.96. The first-order chi connectivity index (χ1) is 22.8. The fourth-order valence-corrected chi connectivity index (χ4v) is 6.03. The van der Waals surface area contributed by atoms with Gasteiger partial charge < -0.3 is 30.3 Å². The number of hydrogen-bond acceptors (Lipinski definition) is 9. The Bertz CT molecular complexity index is 1820. The number of amides is 2. The molecule has 246 valence electrons. The maximum atomic E-state index is 15.1. The smallest absolute Gasteiger partial charge is 0.254 e. The fourth-order valence-electron chi connectivity index (χ4n) is 6.03. The van der Waals surface area contributed by atoms with Crippen LogP contribution in [0.2, 0.25) is 0 Å². The number of benzene rings is 2. The number of aliphatic imine (C=N–C) groups is 1. The van der Waals surface area contributed by atoms with E-state index in [0.29, 0.717) is 74.1 Å². The molecule has 12 nitrogen and oxygen atoms in total. The molecule has 2 atom stereocenters. The van der Waals surface area contributed by atoms with Gasteiger partial charge >= 0.3 is 0 Å². The van der Waals surface area contributed by atoms with Gasteiger partial charge in [-0.25, -0.2) is 14.4 Å². The van der Waals surface area contributed by atoms with Crippen molar-refractivity contribution in [1.29, 1.82) is 0 Å². The maximum absolute atomic E-state index is 15.1. The number of aromatic nitrogens is 3. The molecule has 0 saturated carbocycles. The van der Waals surface area contributed by atoms with Crippen molar-refractivity contribution in [2.75, 3.05) is 58.2 Å². The average molecular weight is 647 g/mol. The van der Waals surface area contributed by atoms with Gasteiger partial charge in [0.05, 0.1) is 23.9 Å². The minimum atomic E-state index is -1.10. The first kappa shape index (κ1) is 32.0. The van der Waals surface area contributed by atoms with Crippen molar-refractivity contribution >= 4 is 35.2 Å². The first-order valence-corrected chi connectivity index (χ1v) is 15.4. The zero-order valence-corrected chi connectivity index (χ0v) is 26.1. The number of aliphatic hydroxyl groups is 1. The molecule has 2 aliphatic rings. The Morgan fingerprint density at radius 3 is 2.66 bits per heavy atom. The lowest BCUT2D eigenvalue weighted by Gasteiger charge is -2.38. The monoisotopic (exact) mass is 646 g/mol. The van der Waals surface area contributed by atoms with Crippen molar-refractivity contribution in [2.45, 2.75) is 19.4 Å². The summed E-state index contributed by atoms with van der Waals surface area (Å²) in [7, 11) is 1.56. The number of imidazole rings is 1. The van der Waals surface area contributed by atoms with Crippen molar-refractivity contribution in [3.63, 3.8) is 0 Å². The molecule has 2 aliphatic heterocycles. The summed E-state index contributed by atoms with van der Waals surface area (Å²) in [6.45, 7) is 4.64. The highest BCUT2D eigenvalue weighted by Gasteiger charge is 2.34. The van der Waals surface area contributed by atoms with Crippen molar-refractivity contribution in [3.05, 3.63) is 71.7 Å². The van der Waals surface area contributed by atoms with E-state index in [-0.39, 0.29) is 29.7 Å². The van der Waals surface area contributed by atoms with Gasteiger partial charge in [-0.3, -0.25) is 19.0 Å². The lowest BCUT2D eigenvalue weighted by Crippen LogP contribution is -2.55. The van der Waals surface area contributed by atoms with Crippen LogP contribution in [0.25, 0.3) is 16.9 Å². The molecule has 3 N–H and O–H groups in total. The van der Waals surface area contributed by atoms with Crippen LogP contribution in [0.1, 0.15) is 22.3 Å². The lowest BCUT2D eigenvalue weighted by atomic mass is 9.93. The van der Waals surface area contributed by atoms with Crippen molar-refractivity contribution in [1.82, 2.24) is 29.5 Å². The van der Waals surface area contributed by atoms with E-state index in [1.54, 1.807) is 39.6 Å². The van der Waals surface area contributed by atoms with Gasteiger partial charge in [-0.05, 0) is 55.8 Å². The second-order valence-corrected chi connectivity index (χ2v) is 11.5. The molecule has 0 bridgehead atoms. The van der Waals surface area contributed by atoms with Crippen LogP contribution in [-0.4, -0.2) is 106 Å². The van der Waals surface area contributed by atoms with Crippen LogP contribution in [0.15, 0.2) is 53.9 Å². The van der Waals surface area contributed by atoms with Crippen LogP contribution in [0, 0.1) is 24.5 Å².